The van der Waals surface area contributed by atoms with Crippen LogP contribution in [-0.2, 0) is 10.5 Å². The molecule has 3 aromatic rings. The van der Waals surface area contributed by atoms with Gasteiger partial charge in [0, 0.05) is 9.90 Å². The average molecular weight is 396 g/mol. The van der Waals surface area contributed by atoms with Crippen molar-refractivity contribution in [2.75, 3.05) is 11.1 Å². The van der Waals surface area contributed by atoms with Gasteiger partial charge in [0.05, 0.1) is 22.6 Å². The number of nitrogens with zero attached hydrogens (tertiary/aromatic N) is 1. The molecule has 1 aromatic carbocycles. The van der Waals surface area contributed by atoms with Gasteiger partial charge in [-0.25, -0.2) is 4.98 Å². The maximum absolute atomic E-state index is 12.0. The number of halogens is 1. The smallest absolute Gasteiger partial charge is 0.259 e. The molecule has 9 heteroatoms. The highest BCUT2D eigenvalue weighted by Gasteiger charge is 2.10. The molecule has 25 heavy (non-hydrogen) atoms. The number of aryl methyl sites for hydroxylation is 1. The number of aromatic hydroxyl groups is 1. The molecule has 0 aliphatic rings. The number of nitrogens with one attached hydrogen (secondary N) is 2. The minimum atomic E-state index is -0.280. The van der Waals surface area contributed by atoms with Crippen molar-refractivity contribution in [2.24, 2.45) is 0 Å². The molecule has 0 aliphatic heterocycles. The van der Waals surface area contributed by atoms with Crippen molar-refractivity contribution in [3.8, 4) is 5.75 Å². The molecular weight excluding hydrogens is 382 g/mol. The lowest BCUT2D eigenvalue weighted by Gasteiger charge is -2.07. The van der Waals surface area contributed by atoms with Crippen LogP contribution in [0.5, 0.6) is 5.75 Å². The van der Waals surface area contributed by atoms with Gasteiger partial charge in [-0.15, -0.1) is 23.1 Å². The molecular formula is C16H14ClN3O3S2. The molecule has 0 bridgehead atoms. The number of thiophene rings is 1. The fraction of sp³-hybridized carbons (Fsp3) is 0.188. The Kier molecular flexibility index (Phi) is 5.31. The second-order valence-electron chi connectivity index (χ2n) is 5.29. The third-order valence-corrected chi connectivity index (χ3v) is 5.40. The zero-order valence-corrected chi connectivity index (χ0v) is 15.5. The Hall–Kier alpha value is -2.03. The number of aromatic amines is 1. The number of benzene rings is 1. The molecule has 1 amide bonds. The van der Waals surface area contributed by atoms with E-state index in [0.717, 1.165) is 4.88 Å². The summed E-state index contributed by atoms with van der Waals surface area (Å²) in [5, 5.41) is 13.3. The summed E-state index contributed by atoms with van der Waals surface area (Å²) in [4.78, 5) is 32.9. The first-order valence-electron chi connectivity index (χ1n) is 7.28. The second kappa shape index (κ2) is 7.47. The van der Waals surface area contributed by atoms with Gasteiger partial charge in [-0.3, -0.25) is 9.59 Å². The summed E-state index contributed by atoms with van der Waals surface area (Å²) in [7, 11) is 0. The van der Waals surface area contributed by atoms with E-state index < -0.39 is 0 Å². The van der Waals surface area contributed by atoms with Crippen molar-refractivity contribution in [1.82, 2.24) is 9.97 Å². The number of aromatic nitrogens is 2. The van der Waals surface area contributed by atoms with E-state index in [9.17, 15) is 14.7 Å². The standard InChI is InChI=1S/C16H14ClN3O3S2/c1-8-4-10-15(23)19-13(20-16(10)25-8)6-24-7-14(22)18-11-5-9(17)2-3-12(11)21/h2-5,21H,6-7H2,1H3,(H,18,22)(H,19,20,23). The lowest BCUT2D eigenvalue weighted by molar-refractivity contribution is -0.113. The van der Waals surface area contributed by atoms with E-state index >= 15 is 0 Å². The first-order chi connectivity index (χ1) is 11.9. The molecule has 0 aliphatic carbocycles. The Bertz CT molecular complexity index is 1000. The van der Waals surface area contributed by atoms with Crippen LogP contribution < -0.4 is 10.9 Å². The minimum absolute atomic E-state index is 0.0488. The lowest BCUT2D eigenvalue weighted by Crippen LogP contribution is -2.15. The number of fused-ring (bicyclic) bond motifs is 1. The number of H-pyrrole nitrogens is 1. The minimum Gasteiger partial charge on any atom is -0.506 e. The van der Waals surface area contributed by atoms with Gasteiger partial charge in [-0.05, 0) is 31.2 Å². The summed E-state index contributed by atoms with van der Waals surface area (Å²) in [6.45, 7) is 1.93. The van der Waals surface area contributed by atoms with Crippen molar-refractivity contribution in [3.63, 3.8) is 0 Å². The largest absolute Gasteiger partial charge is 0.506 e. The Morgan fingerprint density at radius 1 is 1.44 bits per heavy atom. The quantitative estimate of drug-likeness (QED) is 0.574. The second-order valence-corrected chi connectivity index (χ2v) is 7.95. The number of hydrogen-bond acceptors (Lipinski definition) is 6. The number of rotatable bonds is 5. The number of amides is 1. The SMILES string of the molecule is Cc1cc2c(=O)[nH]c(CSCC(=O)Nc3cc(Cl)ccc3O)nc2s1. The molecule has 2 aromatic heterocycles. The van der Waals surface area contributed by atoms with Gasteiger partial charge >= 0.3 is 0 Å². The summed E-state index contributed by atoms with van der Waals surface area (Å²) < 4.78 is 0. The van der Waals surface area contributed by atoms with E-state index in [1.807, 2.05) is 13.0 Å². The van der Waals surface area contributed by atoms with Crippen LogP contribution in [0, 0.1) is 6.92 Å². The Morgan fingerprint density at radius 3 is 3.04 bits per heavy atom. The van der Waals surface area contributed by atoms with Crippen molar-refractivity contribution in [3.05, 3.63) is 50.3 Å². The van der Waals surface area contributed by atoms with Gasteiger partial charge < -0.3 is 15.4 Å². The molecule has 0 saturated carbocycles. The average Bonchev–Trinajstić information content (AvgIpc) is 2.92. The number of hydrogen-bond donors (Lipinski definition) is 3. The lowest BCUT2D eigenvalue weighted by atomic mass is 10.3. The van der Waals surface area contributed by atoms with Crippen LogP contribution in [0.15, 0.2) is 29.1 Å². The van der Waals surface area contributed by atoms with Crippen LogP contribution in [0.2, 0.25) is 5.02 Å². The number of thioether (sulfide) groups is 1. The summed E-state index contributed by atoms with van der Waals surface area (Å²) in [6.07, 6.45) is 0. The summed E-state index contributed by atoms with van der Waals surface area (Å²) in [6, 6.07) is 6.24. The van der Waals surface area contributed by atoms with E-state index in [-0.39, 0.29) is 28.7 Å². The van der Waals surface area contributed by atoms with E-state index in [4.69, 9.17) is 11.6 Å². The summed E-state index contributed by atoms with van der Waals surface area (Å²) >= 11 is 8.62. The van der Waals surface area contributed by atoms with E-state index in [0.29, 0.717) is 26.8 Å². The zero-order valence-electron chi connectivity index (χ0n) is 13.1. The van der Waals surface area contributed by atoms with Crippen molar-refractivity contribution < 1.29 is 9.90 Å². The number of phenols is 1. The monoisotopic (exact) mass is 395 g/mol. The van der Waals surface area contributed by atoms with E-state index in [1.165, 1.54) is 41.3 Å². The summed E-state index contributed by atoms with van der Waals surface area (Å²) in [5.74, 6) is 0.752. The number of phenolic OH excluding ortho intramolecular Hbond substituents is 1. The normalized spacial score (nSPS) is 11.0. The molecule has 0 radical (unpaired) electrons. The molecule has 0 atom stereocenters. The Labute approximate surface area is 156 Å². The molecule has 0 saturated heterocycles. The predicted molar refractivity (Wildman–Crippen MR) is 103 cm³/mol. The van der Waals surface area contributed by atoms with Crippen LogP contribution in [0.4, 0.5) is 5.69 Å². The molecule has 3 rings (SSSR count). The van der Waals surface area contributed by atoms with Crippen molar-refractivity contribution >= 4 is 56.5 Å². The van der Waals surface area contributed by atoms with Crippen LogP contribution in [-0.4, -0.2) is 26.7 Å². The number of anilines is 1. The van der Waals surface area contributed by atoms with Crippen molar-refractivity contribution in [2.45, 2.75) is 12.7 Å². The van der Waals surface area contributed by atoms with Crippen molar-refractivity contribution in [1.29, 1.82) is 0 Å². The maximum atomic E-state index is 12.0. The summed E-state index contributed by atoms with van der Waals surface area (Å²) in [5.41, 5.74) is 0.0957. The molecule has 6 nitrogen and oxygen atoms in total. The fourth-order valence-electron chi connectivity index (χ4n) is 2.20. The number of carbonyl (C=O) groups is 1. The first-order valence-corrected chi connectivity index (χ1v) is 9.63. The van der Waals surface area contributed by atoms with Crippen LogP contribution in [0.25, 0.3) is 10.2 Å². The zero-order chi connectivity index (χ0) is 18.0. The third kappa shape index (κ3) is 4.33. The third-order valence-electron chi connectivity index (χ3n) is 3.28. The molecule has 3 N–H and O–H groups in total. The fourth-order valence-corrected chi connectivity index (χ4v) is 3.96. The highest BCUT2D eigenvalue weighted by molar-refractivity contribution is 7.99. The molecule has 0 spiro atoms. The highest BCUT2D eigenvalue weighted by Crippen LogP contribution is 2.26. The highest BCUT2D eigenvalue weighted by atomic mass is 35.5. The van der Waals surface area contributed by atoms with Gasteiger partial charge in [0.25, 0.3) is 5.56 Å². The molecule has 0 unspecified atom stereocenters. The molecule has 130 valence electrons. The van der Waals surface area contributed by atoms with Crippen LogP contribution >= 0.6 is 34.7 Å². The van der Waals surface area contributed by atoms with Gasteiger partial charge in [0.15, 0.2) is 0 Å². The van der Waals surface area contributed by atoms with Gasteiger partial charge in [-0.1, -0.05) is 11.6 Å². The van der Waals surface area contributed by atoms with E-state index in [1.54, 1.807) is 0 Å². The number of carbonyl (C=O) groups excluding carboxylic acids is 1. The first kappa shape index (κ1) is 17.8. The topological polar surface area (TPSA) is 95.1 Å². The van der Waals surface area contributed by atoms with Crippen LogP contribution in [0.3, 0.4) is 0 Å². The van der Waals surface area contributed by atoms with E-state index in [2.05, 4.69) is 15.3 Å². The Morgan fingerprint density at radius 2 is 2.24 bits per heavy atom. The maximum Gasteiger partial charge on any atom is 0.259 e. The molecule has 0 fully saturated rings. The van der Waals surface area contributed by atoms with Gasteiger partial charge in [0.1, 0.15) is 16.4 Å². The predicted octanol–water partition coefficient (Wildman–Crippen LogP) is 3.52. The Balaban J connectivity index is 1.60. The molecule has 2 heterocycles. The van der Waals surface area contributed by atoms with Gasteiger partial charge in [-0.2, -0.15) is 0 Å². The van der Waals surface area contributed by atoms with Crippen LogP contribution in [0.1, 0.15) is 10.7 Å². The van der Waals surface area contributed by atoms with Gasteiger partial charge in [0.2, 0.25) is 5.91 Å².